The van der Waals surface area contributed by atoms with Crippen molar-refractivity contribution in [1.29, 1.82) is 0 Å². The average Bonchev–Trinajstić information content (AvgIpc) is 2.37. The van der Waals surface area contributed by atoms with Crippen LogP contribution in [0.4, 0.5) is 0 Å². The van der Waals surface area contributed by atoms with Crippen LogP contribution in [-0.4, -0.2) is 25.2 Å². The van der Waals surface area contributed by atoms with E-state index in [0.29, 0.717) is 12.2 Å². The van der Waals surface area contributed by atoms with E-state index < -0.39 is 11.9 Å². The molecule has 0 spiro atoms. The lowest BCUT2D eigenvalue weighted by molar-refractivity contribution is -0.147. The minimum absolute atomic E-state index is 0.339. The zero-order valence-electron chi connectivity index (χ0n) is 10.1. The van der Waals surface area contributed by atoms with Crippen molar-refractivity contribution in [2.75, 3.05) is 13.2 Å². The van der Waals surface area contributed by atoms with Crippen LogP contribution in [0.2, 0.25) is 0 Å². The highest BCUT2D eigenvalue weighted by atomic mass is 127. The molecule has 0 radical (unpaired) electrons. The van der Waals surface area contributed by atoms with E-state index in [9.17, 15) is 9.59 Å². The lowest BCUT2D eigenvalue weighted by atomic mass is 10.2. The normalized spacial score (nSPS) is 9.89. The molecular weight excluding hydrogens is 347 g/mol. The third-order valence-electron chi connectivity index (χ3n) is 2.16. The summed E-state index contributed by atoms with van der Waals surface area (Å²) in [5.41, 5.74) is 0.428. The van der Waals surface area contributed by atoms with Gasteiger partial charge in [0.2, 0.25) is 0 Å². The number of carbonyl (C=O) groups is 2. The van der Waals surface area contributed by atoms with Crippen LogP contribution in [-0.2, 0) is 14.3 Å². The van der Waals surface area contributed by atoms with Crippen LogP contribution in [0.15, 0.2) is 24.3 Å². The molecule has 0 aliphatic heterocycles. The van der Waals surface area contributed by atoms with E-state index in [0.717, 1.165) is 16.4 Å². The summed E-state index contributed by atoms with van der Waals surface area (Å²) in [5, 5.41) is 0. The van der Waals surface area contributed by atoms with Crippen molar-refractivity contribution in [1.82, 2.24) is 0 Å². The number of hydrogen-bond donors (Lipinski definition) is 0. The van der Waals surface area contributed by atoms with E-state index in [2.05, 4.69) is 22.6 Å². The first-order chi connectivity index (χ1) is 8.63. The quantitative estimate of drug-likeness (QED) is 0.444. The SMILES string of the molecule is CCCCOC(=O)COC(=O)c1ccc(I)cc1. The molecule has 0 heterocycles. The van der Waals surface area contributed by atoms with Gasteiger partial charge < -0.3 is 9.47 Å². The molecule has 0 saturated carbocycles. The van der Waals surface area contributed by atoms with Crippen LogP contribution in [0, 0.1) is 3.57 Å². The highest BCUT2D eigenvalue weighted by Gasteiger charge is 2.10. The minimum Gasteiger partial charge on any atom is -0.463 e. The highest BCUT2D eigenvalue weighted by Crippen LogP contribution is 2.07. The zero-order valence-corrected chi connectivity index (χ0v) is 12.3. The van der Waals surface area contributed by atoms with Crippen molar-refractivity contribution in [2.45, 2.75) is 19.8 Å². The number of halogens is 1. The molecule has 0 saturated heterocycles. The molecule has 18 heavy (non-hydrogen) atoms. The van der Waals surface area contributed by atoms with E-state index in [1.165, 1.54) is 0 Å². The summed E-state index contributed by atoms with van der Waals surface area (Å²) in [6, 6.07) is 6.92. The van der Waals surface area contributed by atoms with Crippen molar-refractivity contribution in [3.8, 4) is 0 Å². The Morgan fingerprint density at radius 2 is 1.83 bits per heavy atom. The molecule has 0 aromatic heterocycles. The molecule has 0 aliphatic rings. The number of rotatable bonds is 6. The first kappa shape index (κ1) is 14.9. The van der Waals surface area contributed by atoms with Crippen LogP contribution in [0.25, 0.3) is 0 Å². The predicted molar refractivity (Wildman–Crippen MR) is 75.3 cm³/mol. The van der Waals surface area contributed by atoms with Gasteiger partial charge in [-0.25, -0.2) is 9.59 Å². The van der Waals surface area contributed by atoms with E-state index in [1.807, 2.05) is 6.92 Å². The molecule has 0 aliphatic carbocycles. The molecule has 0 atom stereocenters. The fourth-order valence-corrected chi connectivity index (χ4v) is 1.53. The molecule has 0 fully saturated rings. The van der Waals surface area contributed by atoms with Crippen LogP contribution >= 0.6 is 22.6 Å². The molecule has 0 N–H and O–H groups in total. The third-order valence-corrected chi connectivity index (χ3v) is 2.88. The van der Waals surface area contributed by atoms with Crippen molar-refractivity contribution in [3.63, 3.8) is 0 Å². The molecule has 4 nitrogen and oxygen atoms in total. The maximum atomic E-state index is 11.6. The van der Waals surface area contributed by atoms with E-state index in [1.54, 1.807) is 24.3 Å². The summed E-state index contributed by atoms with van der Waals surface area (Å²) in [6.07, 6.45) is 1.77. The van der Waals surface area contributed by atoms with Gasteiger partial charge >= 0.3 is 11.9 Å². The van der Waals surface area contributed by atoms with Gasteiger partial charge in [-0.1, -0.05) is 13.3 Å². The van der Waals surface area contributed by atoms with E-state index >= 15 is 0 Å². The average molecular weight is 362 g/mol. The van der Waals surface area contributed by atoms with Crippen molar-refractivity contribution in [3.05, 3.63) is 33.4 Å². The number of benzene rings is 1. The largest absolute Gasteiger partial charge is 0.463 e. The maximum absolute atomic E-state index is 11.6. The smallest absolute Gasteiger partial charge is 0.344 e. The number of hydrogen-bond acceptors (Lipinski definition) is 4. The molecule has 0 amide bonds. The Morgan fingerprint density at radius 1 is 1.17 bits per heavy atom. The zero-order chi connectivity index (χ0) is 13.4. The van der Waals surface area contributed by atoms with Gasteiger partial charge in [-0.15, -0.1) is 0 Å². The summed E-state index contributed by atoms with van der Waals surface area (Å²) in [4.78, 5) is 22.8. The second-order valence-corrected chi connectivity index (χ2v) is 4.90. The monoisotopic (exact) mass is 362 g/mol. The molecule has 1 rings (SSSR count). The Kier molecular flexibility index (Phi) is 6.70. The van der Waals surface area contributed by atoms with Gasteiger partial charge in [0.15, 0.2) is 6.61 Å². The Hall–Kier alpha value is -1.11. The van der Waals surface area contributed by atoms with Crippen LogP contribution in [0.5, 0.6) is 0 Å². The molecular formula is C13H15IO4. The number of esters is 2. The third kappa shape index (κ3) is 5.48. The lowest BCUT2D eigenvalue weighted by Crippen LogP contribution is -2.17. The van der Waals surface area contributed by atoms with Crippen LogP contribution in [0.1, 0.15) is 30.1 Å². The molecule has 1 aromatic carbocycles. The topological polar surface area (TPSA) is 52.6 Å². The number of ether oxygens (including phenoxy) is 2. The summed E-state index contributed by atoms with van der Waals surface area (Å²) in [5.74, 6) is -1.03. The van der Waals surface area contributed by atoms with Crippen molar-refractivity contribution >= 4 is 34.5 Å². The highest BCUT2D eigenvalue weighted by molar-refractivity contribution is 14.1. The van der Waals surface area contributed by atoms with Crippen molar-refractivity contribution < 1.29 is 19.1 Å². The van der Waals surface area contributed by atoms with E-state index in [4.69, 9.17) is 9.47 Å². The first-order valence-electron chi connectivity index (χ1n) is 5.71. The van der Waals surface area contributed by atoms with Crippen LogP contribution in [0.3, 0.4) is 0 Å². The summed E-state index contributed by atoms with van der Waals surface area (Å²) >= 11 is 2.14. The Bertz CT molecular complexity index is 400. The molecule has 5 heteroatoms. The second kappa shape index (κ2) is 8.07. The maximum Gasteiger partial charge on any atom is 0.344 e. The number of unbranched alkanes of at least 4 members (excludes halogenated alkanes) is 1. The lowest BCUT2D eigenvalue weighted by Gasteiger charge is -2.05. The Balaban J connectivity index is 2.32. The van der Waals surface area contributed by atoms with Crippen molar-refractivity contribution in [2.24, 2.45) is 0 Å². The fourth-order valence-electron chi connectivity index (χ4n) is 1.17. The standard InChI is InChI=1S/C13H15IO4/c1-2-3-8-17-12(15)9-18-13(16)10-4-6-11(14)7-5-10/h4-7H,2-3,8-9H2,1H3. The van der Waals surface area contributed by atoms with Gasteiger partial charge in [-0.2, -0.15) is 0 Å². The fraction of sp³-hybridized carbons (Fsp3) is 0.385. The molecule has 98 valence electrons. The number of carbonyl (C=O) groups excluding carboxylic acids is 2. The van der Waals surface area contributed by atoms with Crippen LogP contribution < -0.4 is 0 Å². The van der Waals surface area contributed by atoms with Gasteiger partial charge in [-0.3, -0.25) is 0 Å². The summed E-state index contributed by atoms with van der Waals surface area (Å²) in [6.45, 7) is 2.04. The Morgan fingerprint density at radius 3 is 2.44 bits per heavy atom. The second-order valence-electron chi connectivity index (χ2n) is 3.66. The van der Waals surface area contributed by atoms with Gasteiger partial charge in [0.05, 0.1) is 12.2 Å². The first-order valence-corrected chi connectivity index (χ1v) is 6.79. The predicted octanol–water partition coefficient (Wildman–Crippen LogP) is 2.79. The van der Waals surface area contributed by atoms with Gasteiger partial charge in [0.25, 0.3) is 0 Å². The Labute approximate surface area is 120 Å². The van der Waals surface area contributed by atoms with E-state index in [-0.39, 0.29) is 6.61 Å². The van der Waals surface area contributed by atoms with Gasteiger partial charge in [0.1, 0.15) is 0 Å². The van der Waals surface area contributed by atoms with Gasteiger partial charge in [-0.05, 0) is 53.3 Å². The molecule has 1 aromatic rings. The van der Waals surface area contributed by atoms with Gasteiger partial charge in [0, 0.05) is 3.57 Å². The minimum atomic E-state index is -0.515. The summed E-state index contributed by atoms with van der Waals surface area (Å²) in [7, 11) is 0. The molecule has 0 bridgehead atoms. The molecule has 0 unspecified atom stereocenters. The summed E-state index contributed by atoms with van der Waals surface area (Å²) < 4.78 is 10.7.